The van der Waals surface area contributed by atoms with E-state index < -0.39 is 5.97 Å². The Morgan fingerprint density at radius 3 is 2.34 bits per heavy atom. The summed E-state index contributed by atoms with van der Waals surface area (Å²) in [5.74, 6) is -1.07. The van der Waals surface area contributed by atoms with E-state index in [0.29, 0.717) is 13.1 Å². The highest BCUT2D eigenvalue weighted by Gasteiger charge is 2.29. The number of nitrogens with zero attached hydrogens (tertiary/aromatic N) is 2. The Bertz CT molecular complexity index is 985. The lowest BCUT2D eigenvalue weighted by Crippen LogP contribution is -2.48. The van der Waals surface area contributed by atoms with Gasteiger partial charge >= 0.3 is 5.97 Å². The molecule has 0 aliphatic heterocycles. The van der Waals surface area contributed by atoms with Gasteiger partial charge < -0.3 is 14.5 Å². The SMILES string of the molecule is CCOC(=O)CCC(=O)N(CC(=O)N(Cc1ccc(F)cc1)Cc1sccc1C)C1CCCCC1. The minimum atomic E-state index is -0.401. The minimum Gasteiger partial charge on any atom is -0.466 e. The smallest absolute Gasteiger partial charge is 0.306 e. The fourth-order valence-corrected chi connectivity index (χ4v) is 5.35. The summed E-state index contributed by atoms with van der Waals surface area (Å²) in [6.07, 6.45) is 4.94. The largest absolute Gasteiger partial charge is 0.466 e. The number of rotatable bonds is 11. The average Bonchev–Trinajstić information content (AvgIpc) is 3.26. The highest BCUT2D eigenvalue weighted by molar-refractivity contribution is 7.10. The van der Waals surface area contributed by atoms with Gasteiger partial charge in [-0.15, -0.1) is 11.3 Å². The molecule has 1 fully saturated rings. The lowest BCUT2D eigenvalue weighted by Gasteiger charge is -2.35. The molecule has 0 unspecified atom stereocenters. The predicted octanol–water partition coefficient (Wildman–Crippen LogP) is 5.23. The lowest BCUT2D eigenvalue weighted by atomic mass is 9.93. The molecular weight excluding hydrogens is 467 g/mol. The highest BCUT2D eigenvalue weighted by Crippen LogP contribution is 2.25. The molecule has 0 N–H and O–H groups in total. The van der Waals surface area contributed by atoms with Crippen molar-refractivity contribution in [3.63, 3.8) is 0 Å². The van der Waals surface area contributed by atoms with Crippen LogP contribution in [0.1, 0.15) is 67.9 Å². The molecule has 8 heteroatoms. The van der Waals surface area contributed by atoms with Gasteiger partial charge in [-0.1, -0.05) is 31.4 Å². The molecule has 190 valence electrons. The zero-order valence-corrected chi connectivity index (χ0v) is 21.4. The molecule has 0 atom stereocenters. The van der Waals surface area contributed by atoms with Gasteiger partial charge in [0.25, 0.3) is 0 Å². The van der Waals surface area contributed by atoms with Crippen LogP contribution >= 0.6 is 11.3 Å². The highest BCUT2D eigenvalue weighted by atomic mass is 32.1. The summed E-state index contributed by atoms with van der Waals surface area (Å²) in [6.45, 7) is 4.74. The van der Waals surface area contributed by atoms with Crippen LogP contribution in [0.2, 0.25) is 0 Å². The summed E-state index contributed by atoms with van der Waals surface area (Å²) >= 11 is 1.59. The molecule has 0 bridgehead atoms. The summed E-state index contributed by atoms with van der Waals surface area (Å²) in [5.41, 5.74) is 1.94. The van der Waals surface area contributed by atoms with Crippen LogP contribution in [0.25, 0.3) is 0 Å². The standard InChI is InChI=1S/C27H35FN2O4S/c1-3-34-27(33)14-13-25(31)30(23-7-5-4-6-8-23)19-26(32)29(18-24-20(2)15-16-35-24)17-21-9-11-22(28)12-10-21/h9-12,15-16,23H,3-8,13-14,17-19H2,1-2H3. The summed E-state index contributed by atoms with van der Waals surface area (Å²) in [6, 6.07) is 8.16. The van der Waals surface area contributed by atoms with E-state index in [9.17, 15) is 18.8 Å². The van der Waals surface area contributed by atoms with Gasteiger partial charge in [0.1, 0.15) is 12.4 Å². The van der Waals surface area contributed by atoms with Gasteiger partial charge in [0, 0.05) is 23.9 Å². The van der Waals surface area contributed by atoms with E-state index >= 15 is 0 Å². The molecule has 1 saturated carbocycles. The molecule has 0 spiro atoms. The monoisotopic (exact) mass is 502 g/mol. The van der Waals surface area contributed by atoms with Crippen LogP contribution in [-0.4, -0.2) is 46.8 Å². The van der Waals surface area contributed by atoms with Gasteiger partial charge in [-0.3, -0.25) is 14.4 Å². The van der Waals surface area contributed by atoms with Crippen molar-refractivity contribution in [2.45, 2.75) is 77.9 Å². The van der Waals surface area contributed by atoms with Crippen LogP contribution < -0.4 is 0 Å². The number of halogens is 1. The average molecular weight is 503 g/mol. The number of thiophene rings is 1. The van der Waals surface area contributed by atoms with E-state index in [0.717, 1.165) is 48.1 Å². The molecule has 1 aliphatic carbocycles. The van der Waals surface area contributed by atoms with Crippen LogP contribution in [0, 0.1) is 12.7 Å². The Labute approximate surface area is 211 Å². The van der Waals surface area contributed by atoms with Crippen molar-refractivity contribution in [1.29, 1.82) is 0 Å². The first-order valence-electron chi connectivity index (χ1n) is 12.4. The van der Waals surface area contributed by atoms with E-state index in [1.165, 1.54) is 12.1 Å². The fourth-order valence-electron chi connectivity index (χ4n) is 4.43. The number of ether oxygens (including phenoxy) is 1. The zero-order valence-electron chi connectivity index (χ0n) is 20.6. The topological polar surface area (TPSA) is 66.9 Å². The van der Waals surface area contributed by atoms with E-state index in [1.807, 2.05) is 18.4 Å². The van der Waals surface area contributed by atoms with Gasteiger partial charge in [0.05, 0.1) is 19.6 Å². The Kier molecular flexibility index (Phi) is 10.3. The van der Waals surface area contributed by atoms with Gasteiger partial charge in [0.15, 0.2) is 0 Å². The van der Waals surface area contributed by atoms with Crippen LogP contribution in [0.4, 0.5) is 4.39 Å². The van der Waals surface area contributed by atoms with Crippen LogP contribution in [0.3, 0.4) is 0 Å². The number of benzene rings is 1. The first kappa shape index (κ1) is 26.9. The second-order valence-corrected chi connectivity index (χ2v) is 10.0. The Morgan fingerprint density at radius 2 is 1.71 bits per heavy atom. The number of carbonyl (C=O) groups excluding carboxylic acids is 3. The minimum absolute atomic E-state index is 0.00135. The number of amides is 2. The third kappa shape index (κ3) is 8.16. The lowest BCUT2D eigenvalue weighted by molar-refractivity contribution is -0.148. The molecule has 2 amide bonds. The molecule has 1 aromatic carbocycles. The van der Waals surface area contributed by atoms with E-state index in [1.54, 1.807) is 40.2 Å². The Hall–Kier alpha value is -2.74. The number of esters is 1. The first-order chi connectivity index (χ1) is 16.9. The van der Waals surface area contributed by atoms with E-state index in [4.69, 9.17) is 4.74 Å². The van der Waals surface area contributed by atoms with Crippen LogP contribution in [0.5, 0.6) is 0 Å². The number of hydrogen-bond donors (Lipinski definition) is 0. The fraction of sp³-hybridized carbons (Fsp3) is 0.519. The van der Waals surface area contributed by atoms with Crippen molar-refractivity contribution < 1.29 is 23.5 Å². The molecular formula is C27H35FN2O4S. The quantitative estimate of drug-likeness (QED) is 0.395. The first-order valence-corrected chi connectivity index (χ1v) is 13.3. The normalized spacial score (nSPS) is 13.9. The Balaban J connectivity index is 1.77. The van der Waals surface area contributed by atoms with Crippen molar-refractivity contribution >= 4 is 29.1 Å². The number of hydrogen-bond acceptors (Lipinski definition) is 5. The number of carbonyl (C=O) groups is 3. The van der Waals surface area contributed by atoms with Gasteiger partial charge in [-0.05, 0) is 61.4 Å². The molecule has 1 aliphatic rings. The summed E-state index contributed by atoms with van der Waals surface area (Å²) < 4.78 is 18.4. The van der Waals surface area contributed by atoms with Crippen LogP contribution in [-0.2, 0) is 32.2 Å². The molecule has 0 radical (unpaired) electrons. The van der Waals surface area contributed by atoms with Crippen molar-refractivity contribution in [2.75, 3.05) is 13.2 Å². The van der Waals surface area contributed by atoms with E-state index in [-0.39, 0.29) is 49.7 Å². The maximum absolute atomic E-state index is 13.6. The van der Waals surface area contributed by atoms with Crippen molar-refractivity contribution in [2.24, 2.45) is 0 Å². The third-order valence-electron chi connectivity index (χ3n) is 6.43. The van der Waals surface area contributed by atoms with E-state index in [2.05, 4.69) is 0 Å². The van der Waals surface area contributed by atoms with Crippen molar-refractivity contribution in [3.8, 4) is 0 Å². The Morgan fingerprint density at radius 1 is 1.00 bits per heavy atom. The second-order valence-electron chi connectivity index (χ2n) is 9.02. The molecule has 0 saturated heterocycles. The molecule has 2 aromatic rings. The van der Waals surface area contributed by atoms with Gasteiger partial charge in [-0.25, -0.2) is 4.39 Å². The molecule has 3 rings (SSSR count). The zero-order chi connectivity index (χ0) is 25.2. The van der Waals surface area contributed by atoms with Gasteiger partial charge in [-0.2, -0.15) is 0 Å². The molecule has 1 heterocycles. The number of aryl methyl sites for hydroxylation is 1. The maximum Gasteiger partial charge on any atom is 0.306 e. The predicted molar refractivity (Wildman–Crippen MR) is 134 cm³/mol. The van der Waals surface area contributed by atoms with Crippen molar-refractivity contribution in [1.82, 2.24) is 9.80 Å². The summed E-state index contributed by atoms with van der Waals surface area (Å²) in [5, 5.41) is 2.00. The maximum atomic E-state index is 13.6. The summed E-state index contributed by atoms with van der Waals surface area (Å²) in [7, 11) is 0. The van der Waals surface area contributed by atoms with Crippen molar-refractivity contribution in [3.05, 3.63) is 57.5 Å². The second kappa shape index (κ2) is 13.4. The summed E-state index contributed by atoms with van der Waals surface area (Å²) in [4.78, 5) is 43.1. The molecule has 35 heavy (non-hydrogen) atoms. The third-order valence-corrected chi connectivity index (χ3v) is 7.44. The van der Waals surface area contributed by atoms with Crippen LogP contribution in [0.15, 0.2) is 35.7 Å². The molecule has 6 nitrogen and oxygen atoms in total. The molecule has 1 aromatic heterocycles. The van der Waals surface area contributed by atoms with Gasteiger partial charge in [0.2, 0.25) is 11.8 Å².